The molecule has 1 fully saturated rings. The molecule has 0 radical (unpaired) electrons. The Hall–Kier alpha value is -1.32. The van der Waals surface area contributed by atoms with Gasteiger partial charge in [-0.3, -0.25) is 4.98 Å². The molecule has 82 valence electrons. The molecule has 1 saturated carbocycles. The number of nitrogens with zero attached hydrogens (tertiary/aromatic N) is 2. The maximum absolute atomic E-state index is 5.79. The second-order valence-corrected chi connectivity index (χ2v) is 4.20. The number of ether oxygens (including phenoxy) is 1. The summed E-state index contributed by atoms with van der Waals surface area (Å²) in [6, 6.07) is 0. The van der Waals surface area contributed by atoms with Gasteiger partial charge in [0.05, 0.1) is 12.4 Å². The molecule has 0 aromatic carbocycles. The van der Waals surface area contributed by atoms with E-state index in [1.807, 2.05) is 0 Å². The molecule has 0 saturated heterocycles. The smallest absolute Gasteiger partial charge is 0.234 e. The average Bonchev–Trinajstić information content (AvgIpc) is 2.22. The number of anilines is 1. The number of hydrogen-bond donors (Lipinski definition) is 1. The molecule has 2 rings (SSSR count). The Labute approximate surface area is 89.9 Å². The third kappa shape index (κ3) is 2.58. The van der Waals surface area contributed by atoms with E-state index < -0.39 is 0 Å². The molecule has 2 unspecified atom stereocenters. The third-order valence-electron chi connectivity index (χ3n) is 2.94. The Morgan fingerprint density at radius 2 is 2.13 bits per heavy atom. The van der Waals surface area contributed by atoms with Crippen LogP contribution in [0.1, 0.15) is 32.6 Å². The van der Waals surface area contributed by atoms with Gasteiger partial charge in [0.25, 0.3) is 0 Å². The van der Waals surface area contributed by atoms with Crippen molar-refractivity contribution >= 4 is 5.82 Å². The molecular formula is C11H17N3O. The maximum atomic E-state index is 5.79. The summed E-state index contributed by atoms with van der Waals surface area (Å²) in [6.45, 7) is 2.23. The Bertz CT molecular complexity index is 329. The van der Waals surface area contributed by atoms with E-state index in [1.165, 1.54) is 25.5 Å². The van der Waals surface area contributed by atoms with Crippen LogP contribution in [0.4, 0.5) is 5.82 Å². The van der Waals surface area contributed by atoms with Crippen LogP contribution in [0.2, 0.25) is 0 Å². The van der Waals surface area contributed by atoms with Gasteiger partial charge in [-0.15, -0.1) is 0 Å². The molecule has 0 amide bonds. The largest absolute Gasteiger partial charge is 0.473 e. The minimum atomic E-state index is 0.273. The molecule has 1 aliphatic rings. The quantitative estimate of drug-likeness (QED) is 0.805. The summed E-state index contributed by atoms with van der Waals surface area (Å²) >= 11 is 0. The standard InChI is InChI=1S/C11H17N3O/c1-8-4-2-3-5-9(8)15-11-7-13-6-10(12)14-11/h6-9H,2-5H2,1H3,(H2,12,14). The molecule has 1 aromatic heterocycles. The molecule has 2 atom stereocenters. The molecule has 0 spiro atoms. The minimum absolute atomic E-state index is 0.273. The highest BCUT2D eigenvalue weighted by Crippen LogP contribution is 2.27. The lowest BCUT2D eigenvalue weighted by molar-refractivity contribution is 0.0973. The first kappa shape index (κ1) is 10.2. The van der Waals surface area contributed by atoms with Crippen LogP contribution in [0.3, 0.4) is 0 Å². The van der Waals surface area contributed by atoms with Gasteiger partial charge in [0.1, 0.15) is 11.9 Å². The van der Waals surface area contributed by atoms with Crippen molar-refractivity contribution in [1.29, 1.82) is 0 Å². The summed E-state index contributed by atoms with van der Waals surface area (Å²) in [5, 5.41) is 0. The van der Waals surface area contributed by atoms with Crippen molar-refractivity contribution in [2.45, 2.75) is 38.7 Å². The van der Waals surface area contributed by atoms with Gasteiger partial charge in [-0.05, 0) is 25.2 Å². The predicted octanol–water partition coefficient (Wildman–Crippen LogP) is 2.02. The molecule has 0 bridgehead atoms. The van der Waals surface area contributed by atoms with Gasteiger partial charge in [0, 0.05) is 0 Å². The molecule has 0 aliphatic heterocycles. The fraction of sp³-hybridized carbons (Fsp3) is 0.636. The van der Waals surface area contributed by atoms with E-state index in [2.05, 4.69) is 16.9 Å². The van der Waals surface area contributed by atoms with Crippen LogP contribution in [0.25, 0.3) is 0 Å². The zero-order valence-electron chi connectivity index (χ0n) is 9.02. The lowest BCUT2D eigenvalue weighted by Gasteiger charge is -2.28. The highest BCUT2D eigenvalue weighted by molar-refractivity contribution is 5.26. The van der Waals surface area contributed by atoms with Crippen molar-refractivity contribution in [3.63, 3.8) is 0 Å². The fourth-order valence-corrected chi connectivity index (χ4v) is 2.03. The van der Waals surface area contributed by atoms with Gasteiger partial charge in [0.15, 0.2) is 0 Å². The SMILES string of the molecule is CC1CCCCC1Oc1cncc(N)n1. The van der Waals surface area contributed by atoms with Gasteiger partial charge in [-0.1, -0.05) is 13.3 Å². The molecule has 4 heteroatoms. The molecule has 1 aliphatic carbocycles. The first-order valence-electron chi connectivity index (χ1n) is 5.50. The highest BCUT2D eigenvalue weighted by atomic mass is 16.5. The lowest BCUT2D eigenvalue weighted by atomic mass is 9.88. The molecule has 15 heavy (non-hydrogen) atoms. The summed E-state index contributed by atoms with van der Waals surface area (Å²) in [6.07, 6.45) is 8.32. The summed E-state index contributed by atoms with van der Waals surface area (Å²) < 4.78 is 5.79. The van der Waals surface area contributed by atoms with E-state index in [1.54, 1.807) is 6.20 Å². The number of nitrogens with two attached hydrogens (primary N) is 1. The van der Waals surface area contributed by atoms with Crippen molar-refractivity contribution in [3.8, 4) is 5.88 Å². The van der Waals surface area contributed by atoms with E-state index >= 15 is 0 Å². The summed E-state index contributed by atoms with van der Waals surface area (Å²) in [4.78, 5) is 8.06. The van der Waals surface area contributed by atoms with Crippen LogP contribution in [-0.2, 0) is 0 Å². The van der Waals surface area contributed by atoms with Crippen LogP contribution in [0, 0.1) is 5.92 Å². The summed E-state index contributed by atoms with van der Waals surface area (Å²) in [7, 11) is 0. The first-order chi connectivity index (χ1) is 7.25. The number of hydrogen-bond acceptors (Lipinski definition) is 4. The summed E-state index contributed by atoms with van der Waals surface area (Å²) in [5.41, 5.74) is 5.54. The van der Waals surface area contributed by atoms with Crippen LogP contribution in [0.15, 0.2) is 12.4 Å². The zero-order valence-corrected chi connectivity index (χ0v) is 9.02. The van der Waals surface area contributed by atoms with Crippen molar-refractivity contribution in [2.24, 2.45) is 5.92 Å². The normalized spacial score (nSPS) is 26.2. The van der Waals surface area contributed by atoms with E-state index in [4.69, 9.17) is 10.5 Å². The van der Waals surface area contributed by atoms with Crippen LogP contribution < -0.4 is 10.5 Å². The van der Waals surface area contributed by atoms with Crippen molar-refractivity contribution in [1.82, 2.24) is 9.97 Å². The lowest BCUT2D eigenvalue weighted by Crippen LogP contribution is -2.28. The second kappa shape index (κ2) is 4.47. The van der Waals surface area contributed by atoms with Gasteiger partial charge < -0.3 is 10.5 Å². The van der Waals surface area contributed by atoms with E-state index in [-0.39, 0.29) is 6.10 Å². The monoisotopic (exact) mass is 207 g/mol. The second-order valence-electron chi connectivity index (χ2n) is 4.20. The zero-order chi connectivity index (χ0) is 10.7. The molecule has 1 heterocycles. The minimum Gasteiger partial charge on any atom is -0.473 e. The van der Waals surface area contributed by atoms with Crippen molar-refractivity contribution < 1.29 is 4.74 Å². The van der Waals surface area contributed by atoms with E-state index in [0.717, 1.165) is 6.42 Å². The van der Waals surface area contributed by atoms with Crippen molar-refractivity contribution in [2.75, 3.05) is 5.73 Å². The maximum Gasteiger partial charge on any atom is 0.234 e. The molecule has 1 aromatic rings. The van der Waals surface area contributed by atoms with Crippen LogP contribution in [-0.4, -0.2) is 16.1 Å². The molecule has 4 nitrogen and oxygen atoms in total. The van der Waals surface area contributed by atoms with E-state index in [9.17, 15) is 0 Å². The van der Waals surface area contributed by atoms with E-state index in [0.29, 0.717) is 17.6 Å². The van der Waals surface area contributed by atoms with Gasteiger partial charge in [-0.25, -0.2) is 0 Å². The Morgan fingerprint density at radius 1 is 1.33 bits per heavy atom. The summed E-state index contributed by atoms with van der Waals surface area (Å²) in [5.74, 6) is 1.56. The predicted molar refractivity (Wildman–Crippen MR) is 58.5 cm³/mol. The number of rotatable bonds is 2. The van der Waals surface area contributed by atoms with Gasteiger partial charge in [-0.2, -0.15) is 4.98 Å². The molecule has 2 N–H and O–H groups in total. The Kier molecular flexibility index (Phi) is 3.04. The number of aromatic nitrogens is 2. The van der Waals surface area contributed by atoms with Crippen molar-refractivity contribution in [3.05, 3.63) is 12.4 Å². The highest BCUT2D eigenvalue weighted by Gasteiger charge is 2.23. The van der Waals surface area contributed by atoms with Gasteiger partial charge >= 0.3 is 0 Å². The number of nitrogen functional groups attached to an aromatic ring is 1. The topological polar surface area (TPSA) is 61.0 Å². The molecular weight excluding hydrogens is 190 g/mol. The Morgan fingerprint density at radius 3 is 2.87 bits per heavy atom. The third-order valence-corrected chi connectivity index (χ3v) is 2.94. The van der Waals surface area contributed by atoms with Gasteiger partial charge in [0.2, 0.25) is 5.88 Å². The average molecular weight is 207 g/mol. The van der Waals surface area contributed by atoms with Crippen LogP contribution >= 0.6 is 0 Å². The Balaban J connectivity index is 2.01. The first-order valence-corrected chi connectivity index (χ1v) is 5.50. The van der Waals surface area contributed by atoms with Crippen LogP contribution in [0.5, 0.6) is 5.88 Å². The fourth-order valence-electron chi connectivity index (χ4n) is 2.03.